The molecule has 1 aliphatic heterocycles. The van der Waals surface area contributed by atoms with Crippen molar-refractivity contribution >= 4 is 11.3 Å². The van der Waals surface area contributed by atoms with Gasteiger partial charge in [0.25, 0.3) is 0 Å². The number of nitrogens with one attached hydrogen (secondary N) is 1. The molecule has 0 bridgehead atoms. The topological polar surface area (TPSA) is 12.0 Å². The lowest BCUT2D eigenvalue weighted by Gasteiger charge is -2.11. The van der Waals surface area contributed by atoms with Gasteiger partial charge < -0.3 is 5.32 Å². The summed E-state index contributed by atoms with van der Waals surface area (Å²) < 4.78 is 0. The van der Waals surface area contributed by atoms with Crippen molar-refractivity contribution < 1.29 is 0 Å². The molecule has 1 heteroatoms. The van der Waals surface area contributed by atoms with Gasteiger partial charge in [-0.25, -0.2) is 0 Å². The standard InChI is InChI=1S/C14H15N/c1-11-7-8-14-13(10-11)12(2)6-4-3-5-9-15-14/h3-8,10,15H,2,9H2,1H3/b5-3-,6-4-. The van der Waals surface area contributed by atoms with Gasteiger partial charge in [0.15, 0.2) is 0 Å². The molecule has 1 aliphatic rings. The first-order valence-electron chi connectivity index (χ1n) is 5.14. The highest BCUT2D eigenvalue weighted by Crippen LogP contribution is 2.25. The van der Waals surface area contributed by atoms with E-state index < -0.39 is 0 Å². The lowest BCUT2D eigenvalue weighted by molar-refractivity contribution is 1.32. The predicted octanol–water partition coefficient (Wildman–Crippen LogP) is 3.55. The van der Waals surface area contributed by atoms with Gasteiger partial charge in [0.1, 0.15) is 0 Å². The minimum absolute atomic E-state index is 0.855. The van der Waals surface area contributed by atoms with Crippen LogP contribution in [0.2, 0.25) is 0 Å². The maximum atomic E-state index is 4.08. The largest absolute Gasteiger partial charge is 0.381 e. The second-order valence-corrected chi connectivity index (χ2v) is 3.74. The highest BCUT2D eigenvalue weighted by atomic mass is 14.9. The average Bonchev–Trinajstić information content (AvgIpc) is 2.31. The maximum Gasteiger partial charge on any atom is 0.0422 e. The number of fused-ring (bicyclic) bond motifs is 1. The van der Waals surface area contributed by atoms with Gasteiger partial charge in [-0.05, 0) is 24.6 Å². The van der Waals surface area contributed by atoms with Gasteiger partial charge in [0.2, 0.25) is 0 Å². The van der Waals surface area contributed by atoms with Gasteiger partial charge in [0.05, 0.1) is 0 Å². The van der Waals surface area contributed by atoms with Crippen molar-refractivity contribution in [1.82, 2.24) is 0 Å². The van der Waals surface area contributed by atoms with E-state index in [0.29, 0.717) is 0 Å². The Balaban J connectivity index is 2.49. The van der Waals surface area contributed by atoms with Crippen LogP contribution in [-0.4, -0.2) is 6.54 Å². The number of rotatable bonds is 0. The van der Waals surface area contributed by atoms with E-state index in [9.17, 15) is 0 Å². The van der Waals surface area contributed by atoms with Crippen molar-refractivity contribution in [2.45, 2.75) is 6.92 Å². The molecule has 15 heavy (non-hydrogen) atoms. The molecule has 0 spiro atoms. The molecule has 0 amide bonds. The van der Waals surface area contributed by atoms with Crippen molar-refractivity contribution in [2.75, 3.05) is 11.9 Å². The molecule has 0 radical (unpaired) electrons. The van der Waals surface area contributed by atoms with Crippen molar-refractivity contribution in [2.24, 2.45) is 0 Å². The van der Waals surface area contributed by atoms with Crippen LogP contribution in [0.4, 0.5) is 5.69 Å². The molecule has 0 atom stereocenters. The zero-order valence-electron chi connectivity index (χ0n) is 8.96. The van der Waals surface area contributed by atoms with Crippen LogP contribution in [0.3, 0.4) is 0 Å². The second-order valence-electron chi connectivity index (χ2n) is 3.74. The Morgan fingerprint density at radius 2 is 2.13 bits per heavy atom. The molecule has 0 aromatic heterocycles. The summed E-state index contributed by atoms with van der Waals surface area (Å²) in [7, 11) is 0. The van der Waals surface area contributed by atoms with E-state index in [1.807, 2.05) is 18.2 Å². The SMILES string of the molecule is C=C1/C=C\C=C/CNc2ccc(C)cc21. The van der Waals surface area contributed by atoms with Crippen LogP contribution >= 0.6 is 0 Å². The molecule has 0 aliphatic carbocycles. The van der Waals surface area contributed by atoms with Crippen molar-refractivity contribution in [1.29, 1.82) is 0 Å². The van der Waals surface area contributed by atoms with Crippen LogP contribution < -0.4 is 5.32 Å². The van der Waals surface area contributed by atoms with Gasteiger partial charge in [-0.3, -0.25) is 0 Å². The number of allylic oxidation sites excluding steroid dienone is 4. The molecule has 0 saturated carbocycles. The summed E-state index contributed by atoms with van der Waals surface area (Å²) in [5.41, 5.74) is 4.65. The Kier molecular flexibility index (Phi) is 2.72. The van der Waals surface area contributed by atoms with E-state index in [1.54, 1.807) is 0 Å². The van der Waals surface area contributed by atoms with E-state index >= 15 is 0 Å². The van der Waals surface area contributed by atoms with Gasteiger partial charge >= 0.3 is 0 Å². The van der Waals surface area contributed by atoms with Crippen molar-refractivity contribution in [3.8, 4) is 0 Å². The van der Waals surface area contributed by atoms with Crippen LogP contribution in [0.15, 0.2) is 49.1 Å². The number of anilines is 1. The molecular formula is C14H15N. The number of benzene rings is 1. The second kappa shape index (κ2) is 4.18. The van der Waals surface area contributed by atoms with Crippen molar-refractivity contribution in [3.63, 3.8) is 0 Å². The lowest BCUT2D eigenvalue weighted by Crippen LogP contribution is -2.00. The smallest absolute Gasteiger partial charge is 0.0422 e. The van der Waals surface area contributed by atoms with Crippen LogP contribution in [0.1, 0.15) is 11.1 Å². The summed E-state index contributed by atoms with van der Waals surface area (Å²) in [6, 6.07) is 6.40. The van der Waals surface area contributed by atoms with Gasteiger partial charge in [0, 0.05) is 17.8 Å². The van der Waals surface area contributed by atoms with Crippen LogP contribution in [0.5, 0.6) is 0 Å². The number of hydrogen-bond acceptors (Lipinski definition) is 1. The minimum Gasteiger partial charge on any atom is -0.381 e. The number of aryl methyl sites for hydroxylation is 1. The monoisotopic (exact) mass is 197 g/mol. The first-order chi connectivity index (χ1) is 7.27. The van der Waals surface area contributed by atoms with Gasteiger partial charge in [-0.2, -0.15) is 0 Å². The third-order valence-electron chi connectivity index (χ3n) is 2.48. The summed E-state index contributed by atoms with van der Waals surface area (Å²) in [6.07, 6.45) is 8.21. The van der Waals surface area contributed by atoms with Crippen LogP contribution in [-0.2, 0) is 0 Å². The number of hydrogen-bond donors (Lipinski definition) is 1. The van der Waals surface area contributed by atoms with Gasteiger partial charge in [-0.15, -0.1) is 0 Å². The lowest BCUT2D eigenvalue weighted by atomic mass is 10.0. The summed E-state index contributed by atoms with van der Waals surface area (Å²) in [4.78, 5) is 0. The summed E-state index contributed by atoms with van der Waals surface area (Å²) >= 11 is 0. The third-order valence-corrected chi connectivity index (χ3v) is 2.48. The third kappa shape index (κ3) is 2.18. The molecule has 1 aromatic carbocycles. The first kappa shape index (κ1) is 9.78. The van der Waals surface area contributed by atoms with E-state index in [-0.39, 0.29) is 0 Å². The molecule has 0 fully saturated rings. The predicted molar refractivity (Wildman–Crippen MR) is 67.0 cm³/mol. The quantitative estimate of drug-likeness (QED) is 0.670. The van der Waals surface area contributed by atoms with Crippen molar-refractivity contribution in [3.05, 3.63) is 60.2 Å². The molecule has 1 aromatic rings. The Morgan fingerprint density at radius 1 is 1.27 bits per heavy atom. The van der Waals surface area contributed by atoms with E-state index in [2.05, 4.69) is 43.1 Å². The Bertz CT molecular complexity index is 439. The molecule has 76 valence electrons. The summed E-state index contributed by atoms with van der Waals surface area (Å²) in [5, 5.41) is 3.38. The van der Waals surface area contributed by atoms with E-state index in [0.717, 1.165) is 17.8 Å². The normalized spacial score (nSPS) is 19.1. The first-order valence-corrected chi connectivity index (χ1v) is 5.14. The molecular weight excluding hydrogens is 182 g/mol. The molecule has 1 nitrogen and oxygen atoms in total. The molecule has 1 N–H and O–H groups in total. The maximum absolute atomic E-state index is 4.08. The Labute approximate surface area is 90.8 Å². The minimum atomic E-state index is 0.855. The summed E-state index contributed by atoms with van der Waals surface area (Å²) in [5.74, 6) is 0. The molecule has 0 unspecified atom stereocenters. The van der Waals surface area contributed by atoms with E-state index in [1.165, 1.54) is 11.1 Å². The Hall–Kier alpha value is -1.76. The average molecular weight is 197 g/mol. The van der Waals surface area contributed by atoms with Gasteiger partial charge in [-0.1, -0.05) is 42.5 Å². The zero-order chi connectivity index (χ0) is 10.7. The molecule has 2 rings (SSSR count). The highest BCUT2D eigenvalue weighted by Gasteiger charge is 2.04. The Morgan fingerprint density at radius 3 is 3.00 bits per heavy atom. The fourth-order valence-electron chi connectivity index (χ4n) is 1.65. The molecule has 0 saturated heterocycles. The zero-order valence-corrected chi connectivity index (χ0v) is 8.96. The fraction of sp³-hybridized carbons (Fsp3) is 0.143. The van der Waals surface area contributed by atoms with E-state index in [4.69, 9.17) is 0 Å². The highest BCUT2D eigenvalue weighted by molar-refractivity contribution is 5.81. The van der Waals surface area contributed by atoms with Crippen LogP contribution in [0.25, 0.3) is 5.57 Å². The fourth-order valence-corrected chi connectivity index (χ4v) is 1.65. The van der Waals surface area contributed by atoms with Crippen LogP contribution in [0, 0.1) is 6.92 Å². The summed E-state index contributed by atoms with van der Waals surface area (Å²) in [6.45, 7) is 7.03. The molecule has 1 heterocycles.